The van der Waals surface area contributed by atoms with Crippen molar-refractivity contribution in [3.8, 4) is 5.75 Å². The Kier molecular flexibility index (Phi) is 5.61. The van der Waals surface area contributed by atoms with Crippen LogP contribution in [0.1, 0.15) is 5.56 Å². The summed E-state index contributed by atoms with van der Waals surface area (Å²) in [6, 6.07) is 9.20. The van der Waals surface area contributed by atoms with Gasteiger partial charge in [0.25, 0.3) is 11.9 Å². The highest BCUT2D eigenvalue weighted by atomic mass is 19.1. The minimum absolute atomic E-state index is 0.00683. The number of benzene rings is 2. The Morgan fingerprint density at radius 1 is 1.23 bits per heavy atom. The van der Waals surface area contributed by atoms with E-state index in [-0.39, 0.29) is 35.8 Å². The molecule has 0 aromatic heterocycles. The molecule has 1 amide bonds. The van der Waals surface area contributed by atoms with Gasteiger partial charge in [-0.3, -0.25) is 10.1 Å². The third kappa shape index (κ3) is 4.86. The van der Waals surface area contributed by atoms with E-state index in [1.807, 2.05) is 6.08 Å². The first-order valence-electron chi connectivity index (χ1n) is 9.24. The van der Waals surface area contributed by atoms with Crippen molar-refractivity contribution in [1.29, 1.82) is 0 Å². The van der Waals surface area contributed by atoms with E-state index in [1.165, 1.54) is 42.7 Å². The predicted molar refractivity (Wildman–Crippen MR) is 112 cm³/mol. The van der Waals surface area contributed by atoms with E-state index in [4.69, 9.17) is 10.5 Å². The van der Waals surface area contributed by atoms with Crippen LogP contribution in [0.2, 0.25) is 0 Å². The third-order valence-electron chi connectivity index (χ3n) is 4.37. The van der Waals surface area contributed by atoms with Crippen molar-refractivity contribution in [2.24, 2.45) is 20.8 Å². The van der Waals surface area contributed by atoms with Crippen LogP contribution in [0.15, 0.2) is 69.7 Å². The molecular formula is C21H17F2N6O2+. The van der Waals surface area contributed by atoms with Gasteiger partial charge >= 0.3 is 0 Å². The average molecular weight is 423 g/mol. The number of guanidine groups is 1. The number of hydrogen-bond donors (Lipinski definition) is 2. The van der Waals surface area contributed by atoms with Crippen LogP contribution in [-0.2, 0) is 11.2 Å². The average Bonchev–Trinajstić information content (AvgIpc) is 3.21. The maximum absolute atomic E-state index is 14.5. The van der Waals surface area contributed by atoms with Gasteiger partial charge in [0, 0.05) is 23.3 Å². The first-order chi connectivity index (χ1) is 15.0. The van der Waals surface area contributed by atoms with Gasteiger partial charge in [-0.1, -0.05) is 16.8 Å². The van der Waals surface area contributed by atoms with E-state index < -0.39 is 17.5 Å². The number of nitrogens with zero attached hydrogens (tertiary/aromatic N) is 4. The molecule has 1 atom stereocenters. The molecule has 0 bridgehead atoms. The SMILES string of the molecule is NC(=Nc1ccc(OC2=NC=N[N+]3=CC=CC23)c(F)c1)NC(=O)Cc1ccc(F)cc1. The smallest absolute Gasteiger partial charge is 0.278 e. The monoisotopic (exact) mass is 423 g/mol. The largest absolute Gasteiger partial charge is 0.433 e. The van der Waals surface area contributed by atoms with Crippen molar-refractivity contribution >= 4 is 36.0 Å². The highest BCUT2D eigenvalue weighted by molar-refractivity contribution is 5.98. The number of hydrogen-bond acceptors (Lipinski definition) is 5. The highest BCUT2D eigenvalue weighted by Gasteiger charge is 2.33. The molecule has 4 rings (SSSR count). The minimum atomic E-state index is -0.672. The maximum atomic E-state index is 14.5. The molecule has 2 heterocycles. The predicted octanol–water partition coefficient (Wildman–Crippen LogP) is 2.03. The summed E-state index contributed by atoms with van der Waals surface area (Å²) in [7, 11) is 0. The molecular weight excluding hydrogens is 406 g/mol. The van der Waals surface area contributed by atoms with Crippen LogP contribution < -0.4 is 15.8 Å². The fourth-order valence-corrected chi connectivity index (χ4v) is 2.93. The van der Waals surface area contributed by atoms with E-state index >= 15 is 0 Å². The van der Waals surface area contributed by atoms with Gasteiger partial charge in [-0.05, 0) is 29.8 Å². The minimum Gasteiger partial charge on any atom is -0.433 e. The number of fused-ring (bicyclic) bond motifs is 1. The summed E-state index contributed by atoms with van der Waals surface area (Å²) >= 11 is 0. The number of carbonyl (C=O) groups excluding carboxylic acids is 1. The fourth-order valence-electron chi connectivity index (χ4n) is 2.93. The summed E-state index contributed by atoms with van der Waals surface area (Å²) < 4.78 is 34.7. The van der Waals surface area contributed by atoms with Crippen LogP contribution in [-0.4, -0.2) is 41.0 Å². The molecule has 0 saturated heterocycles. The Morgan fingerprint density at radius 3 is 2.81 bits per heavy atom. The van der Waals surface area contributed by atoms with Gasteiger partial charge in [-0.25, -0.2) is 13.8 Å². The second-order valence-electron chi connectivity index (χ2n) is 6.62. The summed E-state index contributed by atoms with van der Waals surface area (Å²) in [6.07, 6.45) is 6.68. The number of hydrazone groups is 1. The molecule has 2 aliphatic heterocycles. The van der Waals surface area contributed by atoms with E-state index in [2.05, 4.69) is 20.4 Å². The van der Waals surface area contributed by atoms with E-state index in [0.29, 0.717) is 5.56 Å². The number of amides is 1. The Balaban J connectivity index is 1.39. The van der Waals surface area contributed by atoms with Gasteiger partial charge in [0.1, 0.15) is 5.82 Å². The lowest BCUT2D eigenvalue weighted by molar-refractivity contribution is -0.537. The molecule has 0 spiro atoms. The molecule has 2 aromatic carbocycles. The van der Waals surface area contributed by atoms with Gasteiger partial charge in [0.2, 0.25) is 11.9 Å². The number of nitrogens with two attached hydrogens (primary N) is 1. The first-order valence-corrected chi connectivity index (χ1v) is 9.24. The first kappa shape index (κ1) is 20.1. The lowest BCUT2D eigenvalue weighted by atomic mass is 10.1. The molecule has 2 aliphatic rings. The number of ether oxygens (including phenoxy) is 1. The maximum Gasteiger partial charge on any atom is 0.278 e. The summed E-state index contributed by atoms with van der Waals surface area (Å²) in [5.41, 5.74) is 6.54. The number of carbonyl (C=O) groups is 1. The zero-order chi connectivity index (χ0) is 21.8. The third-order valence-corrected chi connectivity index (χ3v) is 4.37. The Morgan fingerprint density at radius 2 is 2.03 bits per heavy atom. The van der Waals surface area contributed by atoms with Gasteiger partial charge in [-0.2, -0.15) is 4.99 Å². The molecule has 8 nitrogen and oxygen atoms in total. The zero-order valence-corrected chi connectivity index (χ0v) is 16.1. The van der Waals surface area contributed by atoms with Crippen LogP contribution in [0.5, 0.6) is 5.75 Å². The summed E-state index contributed by atoms with van der Waals surface area (Å²) in [5, 5.41) is 6.46. The topological polar surface area (TPSA) is 104 Å². The molecule has 10 heteroatoms. The molecule has 0 saturated carbocycles. The van der Waals surface area contributed by atoms with E-state index in [0.717, 1.165) is 6.07 Å². The van der Waals surface area contributed by atoms with Gasteiger partial charge in [0.15, 0.2) is 24.1 Å². The molecule has 31 heavy (non-hydrogen) atoms. The Labute approximate surface area is 175 Å². The van der Waals surface area contributed by atoms with Crippen molar-refractivity contribution in [3.63, 3.8) is 0 Å². The van der Waals surface area contributed by atoms with Crippen LogP contribution in [0, 0.1) is 11.6 Å². The van der Waals surface area contributed by atoms with E-state index in [9.17, 15) is 13.6 Å². The number of nitrogens with one attached hydrogen (secondary N) is 1. The Bertz CT molecular complexity index is 1170. The fraction of sp³-hybridized carbons (Fsp3) is 0.0952. The molecule has 0 aliphatic carbocycles. The molecule has 0 radical (unpaired) electrons. The van der Waals surface area contributed by atoms with Gasteiger partial charge in [0.05, 0.1) is 12.1 Å². The standard InChI is InChI=1S/C21H16F2N6O2/c22-14-5-3-13(4-6-14)10-19(30)28-21(24)27-15-7-8-18(16(23)11-15)31-20-17-2-1-9-29(17)26-12-25-20/h1-9,11-12,17H,10H2,(H2-,24,27,28,30)/p+1. The highest BCUT2D eigenvalue weighted by Crippen LogP contribution is 2.24. The van der Waals surface area contributed by atoms with Crippen molar-refractivity contribution in [2.45, 2.75) is 12.5 Å². The van der Waals surface area contributed by atoms with Gasteiger partial charge in [-0.15, -0.1) is 0 Å². The van der Waals surface area contributed by atoms with Crippen LogP contribution in [0.25, 0.3) is 0 Å². The van der Waals surface area contributed by atoms with Crippen LogP contribution >= 0.6 is 0 Å². The molecule has 1 unspecified atom stereocenters. The van der Waals surface area contributed by atoms with E-state index in [1.54, 1.807) is 17.0 Å². The van der Waals surface area contributed by atoms with Crippen molar-refractivity contribution in [1.82, 2.24) is 5.32 Å². The summed E-state index contributed by atoms with van der Waals surface area (Å²) in [6.45, 7) is 0. The van der Waals surface area contributed by atoms with Crippen LogP contribution in [0.4, 0.5) is 14.5 Å². The van der Waals surface area contributed by atoms with Crippen molar-refractivity contribution < 1.29 is 23.0 Å². The summed E-state index contributed by atoms with van der Waals surface area (Å²) in [5.74, 6) is -1.45. The molecule has 3 N–H and O–H groups in total. The molecule has 0 fully saturated rings. The number of rotatable bonds is 4. The normalized spacial score (nSPS) is 17.1. The van der Waals surface area contributed by atoms with Crippen molar-refractivity contribution in [2.75, 3.05) is 0 Å². The van der Waals surface area contributed by atoms with Gasteiger partial charge < -0.3 is 10.5 Å². The second-order valence-corrected chi connectivity index (χ2v) is 6.62. The number of halogens is 2. The number of allylic oxidation sites excluding steroid dienone is 1. The lowest BCUT2D eigenvalue weighted by Crippen LogP contribution is -2.37. The zero-order valence-electron chi connectivity index (χ0n) is 16.1. The Hall–Kier alpha value is -4.21. The molecule has 2 aromatic rings. The molecule has 156 valence electrons. The van der Waals surface area contributed by atoms with Crippen LogP contribution in [0.3, 0.4) is 0 Å². The summed E-state index contributed by atoms with van der Waals surface area (Å²) in [4.78, 5) is 20.1. The lowest BCUT2D eigenvalue weighted by Gasteiger charge is -2.12. The van der Waals surface area contributed by atoms with Crippen molar-refractivity contribution in [3.05, 3.63) is 71.8 Å². The number of aliphatic imine (C=N–C) groups is 2. The quantitative estimate of drug-likeness (QED) is 0.447. The second kappa shape index (κ2) is 8.66.